The van der Waals surface area contributed by atoms with Gasteiger partial charge in [0.2, 0.25) is 0 Å². The molecule has 1 aromatic rings. The molecule has 0 aliphatic carbocycles. The Morgan fingerprint density at radius 2 is 2.24 bits per heavy atom. The van der Waals surface area contributed by atoms with E-state index in [1.165, 1.54) is 0 Å². The molecule has 3 N–H and O–H groups in total. The number of urea groups is 1. The van der Waals surface area contributed by atoms with Crippen molar-refractivity contribution < 1.29 is 23.1 Å². The van der Waals surface area contributed by atoms with Crippen LogP contribution in [0.1, 0.15) is 30.5 Å². The highest BCUT2D eigenvalue weighted by molar-refractivity contribution is 7.09. The second kappa shape index (κ2) is 8.18. The Bertz CT molecular complexity index is 451. The van der Waals surface area contributed by atoms with Gasteiger partial charge in [0.25, 0.3) is 0 Å². The van der Waals surface area contributed by atoms with Crippen LogP contribution in [-0.4, -0.2) is 35.3 Å². The molecule has 0 saturated heterocycles. The van der Waals surface area contributed by atoms with E-state index in [2.05, 4.69) is 15.6 Å². The minimum absolute atomic E-state index is 0.0687. The highest BCUT2D eigenvalue weighted by Gasteiger charge is 2.33. The van der Waals surface area contributed by atoms with Gasteiger partial charge in [-0.3, -0.25) is 0 Å². The Hall–Kier alpha value is -1.35. The largest absolute Gasteiger partial charge is 0.434 e. The van der Waals surface area contributed by atoms with E-state index in [4.69, 9.17) is 5.11 Å². The molecule has 1 heterocycles. The van der Waals surface area contributed by atoms with Crippen molar-refractivity contribution in [1.82, 2.24) is 15.6 Å². The standard InChI is InChI=1S/C12H18F3N3O2S/c1-8(3-2-6-19)17-11(20)16-5-4-10-18-9(7-21-10)12(13,14)15/h7-8,19H,2-6H2,1H3,(H2,16,17,20). The Morgan fingerprint density at radius 1 is 1.52 bits per heavy atom. The van der Waals surface area contributed by atoms with Crippen LogP contribution in [0.25, 0.3) is 0 Å². The van der Waals surface area contributed by atoms with Crippen molar-refractivity contribution in [3.05, 3.63) is 16.1 Å². The highest BCUT2D eigenvalue weighted by atomic mass is 32.1. The van der Waals surface area contributed by atoms with Gasteiger partial charge in [0.1, 0.15) is 0 Å². The number of amides is 2. The van der Waals surface area contributed by atoms with Crippen LogP contribution in [0.4, 0.5) is 18.0 Å². The number of hydrogen-bond acceptors (Lipinski definition) is 4. The molecule has 0 bridgehead atoms. The van der Waals surface area contributed by atoms with Crippen LogP contribution in [0.3, 0.4) is 0 Å². The van der Waals surface area contributed by atoms with Crippen molar-refractivity contribution in [1.29, 1.82) is 0 Å². The number of aliphatic hydroxyl groups is 1. The number of carbonyl (C=O) groups excluding carboxylic acids is 1. The van der Waals surface area contributed by atoms with E-state index in [1.54, 1.807) is 0 Å². The molecule has 1 aromatic heterocycles. The van der Waals surface area contributed by atoms with Gasteiger partial charge in [-0.2, -0.15) is 13.2 Å². The number of halogens is 3. The lowest BCUT2D eigenvalue weighted by Crippen LogP contribution is -2.41. The zero-order valence-electron chi connectivity index (χ0n) is 11.5. The molecule has 0 saturated carbocycles. The summed E-state index contributed by atoms with van der Waals surface area (Å²) in [4.78, 5) is 15.0. The Morgan fingerprint density at radius 3 is 2.81 bits per heavy atom. The van der Waals surface area contributed by atoms with Crippen molar-refractivity contribution in [2.24, 2.45) is 0 Å². The van der Waals surface area contributed by atoms with E-state index in [0.717, 1.165) is 16.7 Å². The molecule has 0 aliphatic rings. The molecule has 5 nitrogen and oxygen atoms in total. The molecule has 9 heteroatoms. The predicted octanol–water partition coefficient (Wildman–Crippen LogP) is 2.16. The van der Waals surface area contributed by atoms with Gasteiger partial charge < -0.3 is 15.7 Å². The summed E-state index contributed by atoms with van der Waals surface area (Å²) in [6.07, 6.45) is -2.92. The molecule has 2 amide bonds. The van der Waals surface area contributed by atoms with Crippen molar-refractivity contribution in [3.8, 4) is 0 Å². The molecule has 0 spiro atoms. The Balaban J connectivity index is 2.27. The van der Waals surface area contributed by atoms with Crippen LogP contribution in [0, 0.1) is 0 Å². The molecular formula is C12H18F3N3O2S. The molecular weight excluding hydrogens is 307 g/mol. The molecule has 21 heavy (non-hydrogen) atoms. The molecule has 1 rings (SSSR count). The van der Waals surface area contributed by atoms with Crippen molar-refractivity contribution in [3.63, 3.8) is 0 Å². The van der Waals surface area contributed by atoms with Gasteiger partial charge in [0, 0.05) is 31.0 Å². The van der Waals surface area contributed by atoms with Gasteiger partial charge in [-0.05, 0) is 19.8 Å². The number of aliphatic hydroxyl groups excluding tert-OH is 1. The zero-order valence-corrected chi connectivity index (χ0v) is 12.4. The van der Waals surface area contributed by atoms with Gasteiger partial charge in [0.15, 0.2) is 5.69 Å². The van der Waals surface area contributed by atoms with Gasteiger partial charge in [0.05, 0.1) is 5.01 Å². The fourth-order valence-electron chi connectivity index (χ4n) is 1.58. The lowest BCUT2D eigenvalue weighted by Gasteiger charge is -2.13. The molecule has 0 aromatic carbocycles. The van der Waals surface area contributed by atoms with Gasteiger partial charge >= 0.3 is 12.2 Å². The number of rotatable bonds is 7. The Kier molecular flexibility index (Phi) is 6.90. The fraction of sp³-hybridized carbons (Fsp3) is 0.667. The van der Waals surface area contributed by atoms with E-state index < -0.39 is 11.9 Å². The molecule has 0 fully saturated rings. The topological polar surface area (TPSA) is 74.2 Å². The maximum Gasteiger partial charge on any atom is 0.434 e. The van der Waals surface area contributed by atoms with Crippen LogP contribution in [0.5, 0.6) is 0 Å². The van der Waals surface area contributed by atoms with Gasteiger partial charge in [-0.25, -0.2) is 9.78 Å². The average molecular weight is 325 g/mol. The first kappa shape index (κ1) is 17.7. The SMILES string of the molecule is CC(CCCO)NC(=O)NCCc1nc(C(F)(F)F)cs1. The molecule has 1 atom stereocenters. The maximum absolute atomic E-state index is 12.3. The third-order valence-electron chi connectivity index (χ3n) is 2.64. The predicted molar refractivity (Wildman–Crippen MR) is 73.1 cm³/mol. The van der Waals surface area contributed by atoms with Gasteiger partial charge in [-0.15, -0.1) is 11.3 Å². The summed E-state index contributed by atoms with van der Waals surface area (Å²) in [6, 6.07) is -0.457. The minimum atomic E-state index is -4.43. The first-order valence-corrected chi connectivity index (χ1v) is 7.37. The van der Waals surface area contributed by atoms with Crippen LogP contribution >= 0.6 is 11.3 Å². The van der Waals surface area contributed by atoms with E-state index in [9.17, 15) is 18.0 Å². The number of nitrogens with one attached hydrogen (secondary N) is 2. The maximum atomic E-state index is 12.3. The number of thiazole rings is 1. The average Bonchev–Trinajstić information content (AvgIpc) is 2.85. The molecule has 1 unspecified atom stereocenters. The number of hydrogen-bond donors (Lipinski definition) is 3. The summed E-state index contributed by atoms with van der Waals surface area (Å²) in [7, 11) is 0. The Labute approximate surface area is 124 Å². The summed E-state index contributed by atoms with van der Waals surface area (Å²) in [5.41, 5.74) is -0.899. The monoisotopic (exact) mass is 325 g/mol. The minimum Gasteiger partial charge on any atom is -0.396 e. The van der Waals surface area contributed by atoms with Crippen LogP contribution in [0.2, 0.25) is 0 Å². The van der Waals surface area contributed by atoms with Crippen molar-refractivity contribution in [2.45, 2.75) is 38.4 Å². The quantitative estimate of drug-likeness (QED) is 0.719. The molecule has 120 valence electrons. The lowest BCUT2D eigenvalue weighted by atomic mass is 10.2. The van der Waals surface area contributed by atoms with E-state index in [-0.39, 0.29) is 31.6 Å². The molecule has 0 radical (unpaired) electrons. The summed E-state index contributed by atoms with van der Waals surface area (Å²) in [6.45, 7) is 2.09. The smallest absolute Gasteiger partial charge is 0.396 e. The van der Waals surface area contributed by atoms with Crippen LogP contribution < -0.4 is 10.6 Å². The second-order valence-corrected chi connectivity index (χ2v) is 5.48. The van der Waals surface area contributed by atoms with E-state index in [0.29, 0.717) is 17.8 Å². The van der Waals surface area contributed by atoms with Crippen molar-refractivity contribution >= 4 is 17.4 Å². The summed E-state index contributed by atoms with van der Waals surface area (Å²) in [5.74, 6) is 0. The first-order chi connectivity index (χ1) is 9.82. The fourth-order valence-corrected chi connectivity index (χ4v) is 2.39. The third-order valence-corrected chi connectivity index (χ3v) is 3.55. The van der Waals surface area contributed by atoms with Crippen LogP contribution in [-0.2, 0) is 12.6 Å². The number of alkyl halides is 3. The van der Waals surface area contributed by atoms with E-state index in [1.807, 2.05) is 6.92 Å². The normalized spacial score (nSPS) is 13.0. The van der Waals surface area contributed by atoms with E-state index >= 15 is 0 Å². The summed E-state index contributed by atoms with van der Waals surface area (Å²) < 4.78 is 37.0. The number of carbonyl (C=O) groups is 1. The molecule has 0 aliphatic heterocycles. The number of nitrogens with zero attached hydrogens (tertiary/aromatic N) is 1. The third kappa shape index (κ3) is 6.76. The van der Waals surface area contributed by atoms with Crippen LogP contribution in [0.15, 0.2) is 5.38 Å². The summed E-state index contributed by atoms with van der Waals surface area (Å²) in [5, 5.41) is 15.2. The summed E-state index contributed by atoms with van der Waals surface area (Å²) >= 11 is 0.922. The van der Waals surface area contributed by atoms with Gasteiger partial charge in [-0.1, -0.05) is 0 Å². The second-order valence-electron chi connectivity index (χ2n) is 4.54. The lowest BCUT2D eigenvalue weighted by molar-refractivity contribution is -0.140. The zero-order chi connectivity index (χ0) is 15.9. The highest BCUT2D eigenvalue weighted by Crippen LogP contribution is 2.29. The van der Waals surface area contributed by atoms with Crippen molar-refractivity contribution in [2.75, 3.05) is 13.2 Å². The first-order valence-electron chi connectivity index (χ1n) is 6.49. The number of aromatic nitrogens is 1.